The number of hydrogen-bond acceptors (Lipinski definition) is 5. The number of amides is 1. The number of nitrogens with zero attached hydrogens (tertiary/aromatic N) is 4. The minimum atomic E-state index is -0.351. The molecule has 0 bridgehead atoms. The molecule has 2 aliphatic rings. The van der Waals surface area contributed by atoms with Crippen LogP contribution in [0.25, 0.3) is 11.1 Å². The molecule has 160 valence electrons. The van der Waals surface area contributed by atoms with Crippen molar-refractivity contribution in [2.24, 2.45) is 0 Å². The first kappa shape index (κ1) is 20.2. The molecule has 0 saturated heterocycles. The number of aromatic nitrogens is 2. The van der Waals surface area contributed by atoms with Crippen LogP contribution in [0.3, 0.4) is 0 Å². The van der Waals surface area contributed by atoms with Gasteiger partial charge in [-0.2, -0.15) is 5.26 Å². The number of fused-ring (bicyclic) bond motifs is 1. The number of ether oxygens (including phenoxy) is 1. The summed E-state index contributed by atoms with van der Waals surface area (Å²) < 4.78 is 5.85. The Kier molecular flexibility index (Phi) is 5.32. The largest absolute Gasteiger partial charge is 0.491 e. The van der Waals surface area contributed by atoms with Crippen molar-refractivity contribution >= 4 is 5.91 Å². The van der Waals surface area contributed by atoms with Crippen LogP contribution in [-0.4, -0.2) is 33.9 Å². The van der Waals surface area contributed by atoms with Crippen LogP contribution < -0.4 is 4.74 Å². The van der Waals surface area contributed by atoms with Crippen molar-refractivity contribution in [2.45, 2.75) is 37.6 Å². The Labute approximate surface area is 187 Å². The van der Waals surface area contributed by atoms with E-state index in [0.29, 0.717) is 36.8 Å². The highest BCUT2D eigenvalue weighted by Crippen LogP contribution is 2.41. The first-order valence-electron chi connectivity index (χ1n) is 11.0. The number of hydrogen-bond donors (Lipinski definition) is 0. The zero-order valence-corrected chi connectivity index (χ0v) is 17.8. The summed E-state index contributed by atoms with van der Waals surface area (Å²) in [5, 5.41) is 9.76. The summed E-state index contributed by atoms with van der Waals surface area (Å²) in [7, 11) is 0. The first-order valence-corrected chi connectivity index (χ1v) is 11.0. The predicted octanol–water partition coefficient (Wildman–Crippen LogP) is 4.51. The quantitative estimate of drug-likeness (QED) is 0.616. The Morgan fingerprint density at radius 3 is 2.47 bits per heavy atom. The van der Waals surface area contributed by atoms with Crippen LogP contribution in [0.15, 0.2) is 60.9 Å². The fourth-order valence-corrected chi connectivity index (χ4v) is 4.70. The molecule has 0 spiro atoms. The lowest BCUT2D eigenvalue weighted by molar-refractivity contribution is 0.0738. The molecule has 3 aromatic rings. The zero-order chi connectivity index (χ0) is 22.0. The van der Waals surface area contributed by atoms with Gasteiger partial charge in [-0.25, -0.2) is 9.97 Å². The fraction of sp³-hybridized carbons (Fsp3) is 0.308. The SMILES string of the molecule is N#CC1(c2ccc(-c3ccc4c(c3)C(=O)N(Cc3ncccn3)CCO4)cc2)CCCC1. The van der Waals surface area contributed by atoms with Gasteiger partial charge in [0, 0.05) is 12.4 Å². The monoisotopic (exact) mass is 424 g/mol. The van der Waals surface area contributed by atoms with Crippen molar-refractivity contribution in [3.63, 3.8) is 0 Å². The average Bonchev–Trinajstić information content (AvgIpc) is 3.29. The molecule has 0 N–H and O–H groups in total. The standard InChI is InChI=1S/C26H24N4O2/c27-18-26(10-1-2-11-26)21-7-4-19(5-8-21)20-6-9-23-22(16-20)25(31)30(14-15-32-23)17-24-28-12-3-13-29-24/h3-9,12-13,16H,1-2,10-11,14-15,17H2. The van der Waals surface area contributed by atoms with Gasteiger partial charge in [0.1, 0.15) is 18.2 Å². The summed E-state index contributed by atoms with van der Waals surface area (Å²) in [5.74, 6) is 1.12. The number of benzene rings is 2. The zero-order valence-electron chi connectivity index (χ0n) is 17.8. The lowest BCUT2D eigenvalue weighted by Crippen LogP contribution is -2.32. The molecule has 0 atom stereocenters. The van der Waals surface area contributed by atoms with Gasteiger partial charge in [0.25, 0.3) is 5.91 Å². The molecule has 1 aromatic heterocycles. The molecule has 1 aliphatic carbocycles. The number of carbonyl (C=O) groups excluding carboxylic acids is 1. The van der Waals surface area contributed by atoms with Crippen molar-refractivity contribution in [2.75, 3.05) is 13.2 Å². The molecule has 6 heteroatoms. The molecule has 1 fully saturated rings. The molecule has 1 amide bonds. The van der Waals surface area contributed by atoms with Crippen LogP contribution in [-0.2, 0) is 12.0 Å². The van der Waals surface area contributed by atoms with Crippen LogP contribution in [0.4, 0.5) is 0 Å². The van der Waals surface area contributed by atoms with Gasteiger partial charge in [0.05, 0.1) is 30.1 Å². The fourth-order valence-electron chi connectivity index (χ4n) is 4.70. The molecular formula is C26H24N4O2. The molecule has 0 radical (unpaired) electrons. The third-order valence-corrected chi connectivity index (χ3v) is 6.51. The Balaban J connectivity index is 1.42. The van der Waals surface area contributed by atoms with Crippen molar-refractivity contribution in [1.29, 1.82) is 5.26 Å². The molecule has 2 heterocycles. The summed E-state index contributed by atoms with van der Waals surface area (Å²) in [6.45, 7) is 1.25. The van der Waals surface area contributed by atoms with Gasteiger partial charge in [-0.05, 0) is 47.7 Å². The van der Waals surface area contributed by atoms with Crippen LogP contribution in [0.5, 0.6) is 5.75 Å². The highest BCUT2D eigenvalue weighted by atomic mass is 16.5. The molecule has 32 heavy (non-hydrogen) atoms. The third kappa shape index (κ3) is 3.71. The highest BCUT2D eigenvalue weighted by Gasteiger charge is 2.35. The van der Waals surface area contributed by atoms with E-state index in [9.17, 15) is 10.1 Å². The van der Waals surface area contributed by atoms with Crippen LogP contribution >= 0.6 is 0 Å². The Bertz CT molecular complexity index is 1160. The molecular weight excluding hydrogens is 400 g/mol. The van der Waals surface area contributed by atoms with Gasteiger partial charge < -0.3 is 9.64 Å². The minimum Gasteiger partial charge on any atom is -0.491 e. The second-order valence-corrected chi connectivity index (χ2v) is 8.43. The maximum Gasteiger partial charge on any atom is 0.258 e. The van der Waals surface area contributed by atoms with E-state index >= 15 is 0 Å². The van der Waals surface area contributed by atoms with E-state index in [4.69, 9.17) is 4.74 Å². The maximum absolute atomic E-state index is 13.3. The Morgan fingerprint density at radius 2 is 1.75 bits per heavy atom. The average molecular weight is 425 g/mol. The first-order chi connectivity index (χ1) is 15.7. The molecule has 2 aromatic carbocycles. The number of rotatable bonds is 4. The lowest BCUT2D eigenvalue weighted by Gasteiger charge is -2.21. The van der Waals surface area contributed by atoms with Gasteiger partial charge in [0.2, 0.25) is 0 Å². The third-order valence-electron chi connectivity index (χ3n) is 6.51. The predicted molar refractivity (Wildman–Crippen MR) is 120 cm³/mol. The van der Waals surface area contributed by atoms with E-state index in [2.05, 4.69) is 28.2 Å². The maximum atomic E-state index is 13.3. The van der Waals surface area contributed by atoms with Crippen molar-refractivity contribution in [3.8, 4) is 22.9 Å². The van der Waals surface area contributed by atoms with E-state index in [0.717, 1.165) is 42.4 Å². The lowest BCUT2D eigenvalue weighted by atomic mass is 9.80. The number of nitriles is 1. The molecule has 6 nitrogen and oxygen atoms in total. The van der Waals surface area contributed by atoms with E-state index in [1.54, 1.807) is 23.4 Å². The second kappa shape index (κ2) is 8.43. The van der Waals surface area contributed by atoms with Gasteiger partial charge in [-0.15, -0.1) is 0 Å². The smallest absolute Gasteiger partial charge is 0.258 e. The van der Waals surface area contributed by atoms with E-state index in [1.807, 2.05) is 30.3 Å². The summed E-state index contributed by atoms with van der Waals surface area (Å²) in [6.07, 6.45) is 7.42. The molecule has 5 rings (SSSR count). The van der Waals surface area contributed by atoms with E-state index < -0.39 is 0 Å². The minimum absolute atomic E-state index is 0.0854. The topological polar surface area (TPSA) is 79.1 Å². The van der Waals surface area contributed by atoms with Gasteiger partial charge in [0.15, 0.2) is 0 Å². The van der Waals surface area contributed by atoms with Gasteiger partial charge in [-0.1, -0.05) is 43.2 Å². The van der Waals surface area contributed by atoms with Gasteiger partial charge in [-0.3, -0.25) is 4.79 Å². The number of carbonyl (C=O) groups is 1. The second-order valence-electron chi connectivity index (χ2n) is 8.43. The molecule has 0 unspecified atom stereocenters. The Morgan fingerprint density at radius 1 is 1.03 bits per heavy atom. The van der Waals surface area contributed by atoms with E-state index in [1.165, 1.54) is 0 Å². The van der Waals surface area contributed by atoms with Gasteiger partial charge >= 0.3 is 0 Å². The van der Waals surface area contributed by atoms with Crippen LogP contribution in [0.1, 0.15) is 47.4 Å². The Hall–Kier alpha value is -3.72. The summed E-state index contributed by atoms with van der Waals surface area (Å²) in [4.78, 5) is 23.5. The van der Waals surface area contributed by atoms with Crippen molar-refractivity contribution in [3.05, 3.63) is 77.9 Å². The molecule has 1 saturated carbocycles. The molecule has 1 aliphatic heterocycles. The van der Waals surface area contributed by atoms with E-state index in [-0.39, 0.29) is 11.3 Å². The normalized spacial score (nSPS) is 17.2. The van der Waals surface area contributed by atoms with Crippen molar-refractivity contribution < 1.29 is 9.53 Å². The van der Waals surface area contributed by atoms with Crippen molar-refractivity contribution in [1.82, 2.24) is 14.9 Å². The highest BCUT2D eigenvalue weighted by molar-refractivity contribution is 5.98. The summed E-state index contributed by atoms with van der Waals surface area (Å²) in [6, 6.07) is 18.3. The van der Waals surface area contributed by atoms with Crippen LogP contribution in [0, 0.1) is 11.3 Å². The summed E-state index contributed by atoms with van der Waals surface area (Å²) in [5.41, 5.74) is 3.24. The summed E-state index contributed by atoms with van der Waals surface area (Å²) >= 11 is 0. The van der Waals surface area contributed by atoms with Crippen LogP contribution in [0.2, 0.25) is 0 Å².